The van der Waals surface area contributed by atoms with E-state index in [1.54, 1.807) is 7.05 Å². The number of morpholine rings is 1. The van der Waals surface area contributed by atoms with Crippen molar-refractivity contribution in [1.29, 1.82) is 0 Å². The average Bonchev–Trinajstić information content (AvgIpc) is 2.84. The third-order valence-electron chi connectivity index (χ3n) is 5.33. The molecule has 1 saturated heterocycles. The average molecular weight is 441 g/mol. The van der Waals surface area contributed by atoms with Gasteiger partial charge in [0.05, 0.1) is 26.4 Å². The topological polar surface area (TPSA) is 67.4 Å². The second-order valence-electron chi connectivity index (χ2n) is 7.48. The van der Waals surface area contributed by atoms with Crippen LogP contribution in [0.5, 0.6) is 11.5 Å². The third-order valence-corrected chi connectivity index (χ3v) is 5.33. The summed E-state index contributed by atoms with van der Waals surface area (Å²) in [7, 11) is 1.80. The van der Waals surface area contributed by atoms with Crippen molar-refractivity contribution in [2.75, 3.05) is 58.0 Å². The van der Waals surface area contributed by atoms with E-state index in [1.807, 2.05) is 19.9 Å². The number of anilines is 1. The van der Waals surface area contributed by atoms with Gasteiger partial charge in [-0.25, -0.2) is 0 Å². The van der Waals surface area contributed by atoms with Gasteiger partial charge in [0.15, 0.2) is 17.5 Å². The number of aliphatic imine (C=N–C) groups is 1. The molecule has 7 heteroatoms. The largest absolute Gasteiger partial charge is 0.490 e. The zero-order chi connectivity index (χ0) is 22.6. The first-order valence-electron chi connectivity index (χ1n) is 11.5. The molecule has 2 aromatic rings. The summed E-state index contributed by atoms with van der Waals surface area (Å²) in [6.45, 7) is 10.1. The molecular weight excluding hydrogens is 404 g/mol. The van der Waals surface area contributed by atoms with Gasteiger partial charge in [-0.3, -0.25) is 4.99 Å². The van der Waals surface area contributed by atoms with Gasteiger partial charge in [0, 0.05) is 38.9 Å². The van der Waals surface area contributed by atoms with E-state index in [0.717, 1.165) is 56.7 Å². The lowest BCUT2D eigenvalue weighted by Crippen LogP contribution is -2.39. The van der Waals surface area contributed by atoms with Crippen molar-refractivity contribution >= 4 is 11.6 Å². The van der Waals surface area contributed by atoms with Crippen molar-refractivity contribution in [3.8, 4) is 11.5 Å². The zero-order valence-electron chi connectivity index (χ0n) is 19.5. The molecule has 1 aliphatic heterocycles. The molecule has 0 radical (unpaired) electrons. The summed E-state index contributed by atoms with van der Waals surface area (Å²) in [5.74, 6) is 2.38. The minimum absolute atomic E-state index is 0.615. The predicted octanol–water partition coefficient (Wildman–Crippen LogP) is 3.23. The van der Waals surface area contributed by atoms with Crippen LogP contribution in [0.1, 0.15) is 25.0 Å². The van der Waals surface area contributed by atoms with Crippen LogP contribution < -0.4 is 25.0 Å². The standard InChI is InChI=1S/C25H36N4O3/c1-4-31-23-11-10-20(18-24(23)32-5-2)12-13-27-25(26-3)28-19-21-8-6-7-9-22(21)29-14-16-30-17-15-29/h6-11,18H,4-5,12-17,19H2,1-3H3,(H2,26,27,28). The first-order chi connectivity index (χ1) is 15.7. The highest BCUT2D eigenvalue weighted by Gasteiger charge is 2.14. The quantitative estimate of drug-likeness (QED) is 0.437. The number of benzene rings is 2. The molecule has 32 heavy (non-hydrogen) atoms. The number of guanidine groups is 1. The molecule has 0 spiro atoms. The highest BCUT2D eigenvalue weighted by atomic mass is 16.5. The van der Waals surface area contributed by atoms with Gasteiger partial charge in [-0.05, 0) is 49.6 Å². The van der Waals surface area contributed by atoms with E-state index in [2.05, 4.69) is 56.9 Å². The molecule has 1 aliphatic rings. The second-order valence-corrected chi connectivity index (χ2v) is 7.48. The Morgan fingerprint density at radius 2 is 1.75 bits per heavy atom. The summed E-state index contributed by atoms with van der Waals surface area (Å²) in [4.78, 5) is 6.77. The van der Waals surface area contributed by atoms with E-state index in [0.29, 0.717) is 19.8 Å². The van der Waals surface area contributed by atoms with Crippen molar-refractivity contribution < 1.29 is 14.2 Å². The summed E-state index contributed by atoms with van der Waals surface area (Å²) in [5.41, 5.74) is 3.71. The molecule has 2 N–H and O–H groups in total. The van der Waals surface area contributed by atoms with Gasteiger partial charge in [0.1, 0.15) is 0 Å². The first kappa shape index (κ1) is 23.7. The van der Waals surface area contributed by atoms with Crippen LogP contribution in [-0.4, -0.2) is 59.1 Å². The lowest BCUT2D eigenvalue weighted by Gasteiger charge is -2.30. The lowest BCUT2D eigenvalue weighted by atomic mass is 10.1. The monoisotopic (exact) mass is 440 g/mol. The Balaban J connectivity index is 1.52. The Labute approximate surface area is 191 Å². The van der Waals surface area contributed by atoms with E-state index >= 15 is 0 Å². The number of nitrogens with zero attached hydrogens (tertiary/aromatic N) is 2. The van der Waals surface area contributed by atoms with Crippen molar-refractivity contribution in [2.24, 2.45) is 4.99 Å². The Bertz CT molecular complexity index is 866. The van der Waals surface area contributed by atoms with Crippen molar-refractivity contribution in [3.63, 3.8) is 0 Å². The van der Waals surface area contributed by atoms with E-state index < -0.39 is 0 Å². The third kappa shape index (κ3) is 6.79. The molecule has 174 valence electrons. The summed E-state index contributed by atoms with van der Waals surface area (Å²) in [6.07, 6.45) is 0.859. The van der Waals surface area contributed by atoms with E-state index in [1.165, 1.54) is 16.8 Å². The van der Waals surface area contributed by atoms with Crippen LogP contribution in [-0.2, 0) is 17.7 Å². The fourth-order valence-corrected chi connectivity index (χ4v) is 3.75. The van der Waals surface area contributed by atoms with Gasteiger partial charge in [-0.15, -0.1) is 0 Å². The minimum atomic E-state index is 0.615. The molecule has 1 fully saturated rings. The second kappa shape index (κ2) is 12.8. The van der Waals surface area contributed by atoms with Gasteiger partial charge >= 0.3 is 0 Å². The maximum Gasteiger partial charge on any atom is 0.191 e. The van der Waals surface area contributed by atoms with Crippen LogP contribution in [0, 0.1) is 0 Å². The zero-order valence-corrected chi connectivity index (χ0v) is 19.5. The molecule has 0 aromatic heterocycles. The Hall–Kier alpha value is -2.93. The lowest BCUT2D eigenvalue weighted by molar-refractivity contribution is 0.122. The maximum atomic E-state index is 5.73. The number of nitrogens with one attached hydrogen (secondary N) is 2. The summed E-state index contributed by atoms with van der Waals surface area (Å²) in [6, 6.07) is 14.7. The number of rotatable bonds is 10. The van der Waals surface area contributed by atoms with Gasteiger partial charge in [-0.1, -0.05) is 24.3 Å². The summed E-state index contributed by atoms with van der Waals surface area (Å²) >= 11 is 0. The van der Waals surface area contributed by atoms with Crippen molar-refractivity contribution in [3.05, 3.63) is 53.6 Å². The molecule has 3 rings (SSSR count). The van der Waals surface area contributed by atoms with Crippen LogP contribution in [0.15, 0.2) is 47.5 Å². The maximum absolute atomic E-state index is 5.73. The highest BCUT2D eigenvalue weighted by molar-refractivity contribution is 5.79. The van der Waals surface area contributed by atoms with Gasteiger partial charge < -0.3 is 29.7 Å². The Morgan fingerprint density at radius 1 is 1.00 bits per heavy atom. The molecule has 7 nitrogen and oxygen atoms in total. The van der Waals surface area contributed by atoms with Crippen molar-refractivity contribution in [1.82, 2.24) is 10.6 Å². The molecule has 2 aromatic carbocycles. The van der Waals surface area contributed by atoms with E-state index in [4.69, 9.17) is 14.2 Å². The van der Waals surface area contributed by atoms with Crippen LogP contribution >= 0.6 is 0 Å². The van der Waals surface area contributed by atoms with E-state index in [-0.39, 0.29) is 0 Å². The van der Waals surface area contributed by atoms with E-state index in [9.17, 15) is 0 Å². The molecule has 0 unspecified atom stereocenters. The smallest absolute Gasteiger partial charge is 0.191 e. The molecule has 0 saturated carbocycles. The normalized spacial score (nSPS) is 14.2. The molecule has 0 aliphatic carbocycles. The Morgan fingerprint density at radius 3 is 2.50 bits per heavy atom. The number of hydrogen-bond donors (Lipinski definition) is 2. The molecule has 0 bridgehead atoms. The summed E-state index contributed by atoms with van der Waals surface area (Å²) in [5, 5.41) is 6.86. The van der Waals surface area contributed by atoms with Gasteiger partial charge in [0.25, 0.3) is 0 Å². The number of hydrogen-bond acceptors (Lipinski definition) is 5. The fourth-order valence-electron chi connectivity index (χ4n) is 3.75. The minimum Gasteiger partial charge on any atom is -0.490 e. The fraction of sp³-hybridized carbons (Fsp3) is 0.480. The van der Waals surface area contributed by atoms with Crippen molar-refractivity contribution in [2.45, 2.75) is 26.8 Å². The first-order valence-corrected chi connectivity index (χ1v) is 11.5. The molecule has 0 amide bonds. The van der Waals surface area contributed by atoms with Gasteiger partial charge in [0.2, 0.25) is 0 Å². The molecular formula is C25H36N4O3. The predicted molar refractivity (Wildman–Crippen MR) is 130 cm³/mol. The van der Waals surface area contributed by atoms with Crippen LogP contribution in [0.3, 0.4) is 0 Å². The highest BCUT2D eigenvalue weighted by Crippen LogP contribution is 2.28. The molecule has 0 atom stereocenters. The molecule has 1 heterocycles. The van der Waals surface area contributed by atoms with Crippen LogP contribution in [0.2, 0.25) is 0 Å². The van der Waals surface area contributed by atoms with Crippen LogP contribution in [0.25, 0.3) is 0 Å². The SMILES string of the molecule is CCOc1ccc(CCNC(=NC)NCc2ccccc2N2CCOCC2)cc1OCC. The summed E-state index contributed by atoms with van der Waals surface area (Å²) < 4.78 is 16.9. The van der Waals surface area contributed by atoms with Crippen LogP contribution in [0.4, 0.5) is 5.69 Å². The number of ether oxygens (including phenoxy) is 3. The van der Waals surface area contributed by atoms with Gasteiger partial charge in [-0.2, -0.15) is 0 Å². The Kier molecular flexibility index (Phi) is 9.50. The number of para-hydroxylation sites is 1.